The number of nitrogens with zero attached hydrogens (tertiary/aromatic N) is 2. The summed E-state index contributed by atoms with van der Waals surface area (Å²) in [5, 5.41) is 0. The van der Waals surface area contributed by atoms with Gasteiger partial charge in [-0.2, -0.15) is 42.3 Å². The zero-order valence-electron chi connectivity index (χ0n) is 19.8. The predicted octanol–water partition coefficient (Wildman–Crippen LogP) is 1.80. The minimum Gasteiger partial charge on any atom is -0.281 e. The summed E-state index contributed by atoms with van der Waals surface area (Å²) in [7, 11) is -25.8. The van der Waals surface area contributed by atoms with E-state index in [-0.39, 0.29) is 11.1 Å². The molecule has 3 aromatic rings. The summed E-state index contributed by atoms with van der Waals surface area (Å²) in [5.74, 6) is -1.60. The van der Waals surface area contributed by atoms with Crippen molar-refractivity contribution in [3.05, 3.63) is 113 Å². The number of rotatable bonds is 8. The van der Waals surface area contributed by atoms with Crippen LogP contribution in [-0.4, -0.2) is 64.8 Å². The molecule has 0 saturated heterocycles. The van der Waals surface area contributed by atoms with Crippen molar-refractivity contribution in [1.29, 1.82) is 0 Å². The smallest absolute Gasteiger partial charge is 0.281 e. The van der Waals surface area contributed by atoms with E-state index in [4.69, 9.17) is 0 Å². The van der Waals surface area contributed by atoms with Gasteiger partial charge in [-0.25, -0.2) is 0 Å². The molecule has 0 fully saturated rings. The highest BCUT2D eigenvalue weighted by molar-refractivity contribution is 8.07. The first-order chi connectivity index (χ1) is 18.4. The van der Waals surface area contributed by atoms with E-state index in [0.29, 0.717) is 0 Å². The van der Waals surface area contributed by atoms with Gasteiger partial charge in [0.05, 0.1) is 17.3 Å². The second kappa shape index (κ2) is 9.93. The van der Waals surface area contributed by atoms with Crippen LogP contribution in [-0.2, 0) is 40.8 Å². The lowest BCUT2D eigenvalue weighted by atomic mass is 9.87. The van der Waals surface area contributed by atoms with Crippen LogP contribution in [0.2, 0.25) is 0 Å². The molecule has 1 aliphatic rings. The van der Waals surface area contributed by atoms with Crippen molar-refractivity contribution in [2.45, 2.75) is 10.2 Å². The molecule has 0 saturated carbocycles. The molecule has 1 aliphatic heterocycles. The lowest BCUT2D eigenvalue weighted by molar-refractivity contribution is 0.245. The molecule has 18 heteroatoms. The quantitative estimate of drug-likeness (QED) is 0.261. The molecule has 3 aromatic carbocycles. The molecule has 0 atom stereocenters. The molecule has 0 amide bonds. The van der Waals surface area contributed by atoms with Gasteiger partial charge >= 0.3 is 45.2 Å². The molecule has 0 bridgehead atoms. The van der Waals surface area contributed by atoms with Gasteiger partial charge in [-0.15, -0.1) is 0 Å². The molecule has 14 nitrogen and oxygen atoms in total. The summed E-state index contributed by atoms with van der Waals surface area (Å²) in [6, 6.07) is 20.8. The van der Waals surface area contributed by atoms with Crippen LogP contribution in [0.15, 0.2) is 96.7 Å². The number of benzene rings is 3. The topological polar surface area (TPSA) is 224 Å². The van der Waals surface area contributed by atoms with Crippen molar-refractivity contribution in [3.63, 3.8) is 0 Å². The van der Waals surface area contributed by atoms with E-state index < -0.39 is 76.7 Å². The molecular weight excluding hydrogens is 613 g/mol. The van der Waals surface area contributed by atoms with Gasteiger partial charge in [-0.1, -0.05) is 91.0 Å². The molecular formula is C22H20N2O12S4. The van der Waals surface area contributed by atoms with Gasteiger partial charge in [-0.3, -0.25) is 18.2 Å². The molecule has 1 heterocycles. The molecule has 0 aliphatic carbocycles. The standard InChI is InChI=1S/C22H20N2O12S4/c25-37(26,27)22(38(28,29)30)23(39(31,32)33)20(18-14-8-3-9-15-18)21(24(22)40(34,35)36)19(16-10-4-1-5-11-16)17-12-6-2-7-13-17/h1-15,19H,(H,25,26,27)(H,28,29,30)(H,31,32,33)(H,34,35,36). The Kier molecular flexibility index (Phi) is 7.35. The third-order valence-electron chi connectivity index (χ3n) is 5.90. The van der Waals surface area contributed by atoms with E-state index in [9.17, 15) is 51.9 Å². The monoisotopic (exact) mass is 632 g/mol. The van der Waals surface area contributed by atoms with Gasteiger partial charge in [0.15, 0.2) is 0 Å². The molecule has 4 N–H and O–H groups in total. The fourth-order valence-electron chi connectivity index (χ4n) is 4.57. The van der Waals surface area contributed by atoms with Crippen LogP contribution >= 0.6 is 0 Å². The fourth-order valence-corrected chi connectivity index (χ4v) is 10.8. The summed E-state index contributed by atoms with van der Waals surface area (Å²) in [6.45, 7) is 0. The Morgan fingerprint density at radius 1 is 0.525 bits per heavy atom. The Morgan fingerprint density at radius 2 is 0.875 bits per heavy atom. The first-order valence-corrected chi connectivity index (χ1v) is 16.5. The zero-order chi connectivity index (χ0) is 29.7. The average Bonchev–Trinajstić information content (AvgIpc) is 3.21. The molecule has 214 valence electrons. The Balaban J connectivity index is 2.39. The number of allylic oxidation sites excluding steroid dienone is 1. The van der Waals surface area contributed by atoms with Crippen LogP contribution in [0.5, 0.6) is 0 Å². The fraction of sp³-hybridized carbons (Fsp3) is 0.0909. The summed E-state index contributed by atoms with van der Waals surface area (Å²) < 4.78 is 138. The summed E-state index contributed by atoms with van der Waals surface area (Å²) in [4.78, 5) is 0. The van der Waals surface area contributed by atoms with Crippen molar-refractivity contribution in [2.75, 3.05) is 0 Å². The van der Waals surface area contributed by atoms with Crippen LogP contribution < -0.4 is 0 Å². The Bertz CT molecular complexity index is 1830. The van der Waals surface area contributed by atoms with Crippen LogP contribution in [0.25, 0.3) is 5.70 Å². The first-order valence-electron chi connectivity index (χ1n) is 10.8. The number of hydrogen-bond donors (Lipinski definition) is 4. The van der Waals surface area contributed by atoms with Crippen molar-refractivity contribution in [3.8, 4) is 0 Å². The molecule has 0 unspecified atom stereocenters. The minimum atomic E-state index is -6.66. The van der Waals surface area contributed by atoms with Crippen LogP contribution in [0.1, 0.15) is 22.6 Å². The Morgan fingerprint density at radius 3 is 1.20 bits per heavy atom. The van der Waals surface area contributed by atoms with E-state index in [1.807, 2.05) is 0 Å². The van der Waals surface area contributed by atoms with Gasteiger partial charge in [0, 0.05) is 5.56 Å². The van der Waals surface area contributed by atoms with Gasteiger partial charge in [-0.05, 0) is 11.1 Å². The zero-order valence-corrected chi connectivity index (χ0v) is 23.1. The maximum absolute atomic E-state index is 13.0. The normalized spacial score (nSPS) is 16.5. The van der Waals surface area contributed by atoms with Crippen molar-refractivity contribution in [1.82, 2.24) is 8.61 Å². The first kappa shape index (κ1) is 29.6. The highest BCUT2D eigenvalue weighted by Gasteiger charge is 2.76. The van der Waals surface area contributed by atoms with E-state index >= 15 is 0 Å². The lowest BCUT2D eigenvalue weighted by Crippen LogP contribution is -2.66. The van der Waals surface area contributed by atoms with Crippen LogP contribution in [0, 0.1) is 0 Å². The van der Waals surface area contributed by atoms with Crippen LogP contribution in [0.4, 0.5) is 0 Å². The van der Waals surface area contributed by atoms with E-state index in [2.05, 4.69) is 0 Å². The molecule has 0 aromatic heterocycles. The third-order valence-corrected chi connectivity index (χ3v) is 11.5. The molecule has 4 rings (SSSR count). The summed E-state index contributed by atoms with van der Waals surface area (Å²) >= 11 is 0. The highest BCUT2D eigenvalue weighted by atomic mass is 32.3. The van der Waals surface area contributed by atoms with Crippen molar-refractivity contribution < 1.29 is 51.9 Å². The van der Waals surface area contributed by atoms with Gasteiger partial charge < -0.3 is 0 Å². The molecule has 40 heavy (non-hydrogen) atoms. The Labute approximate surface area is 230 Å². The van der Waals surface area contributed by atoms with Crippen LogP contribution in [0.3, 0.4) is 0 Å². The van der Waals surface area contributed by atoms with Gasteiger partial charge in [0.1, 0.15) is 0 Å². The largest absolute Gasteiger partial charge is 0.400 e. The van der Waals surface area contributed by atoms with Crippen molar-refractivity contribution >= 4 is 46.5 Å². The maximum Gasteiger partial charge on any atom is 0.400 e. The van der Waals surface area contributed by atoms with Crippen molar-refractivity contribution in [2.24, 2.45) is 0 Å². The van der Waals surface area contributed by atoms with Gasteiger partial charge in [0.2, 0.25) is 0 Å². The second-order valence-corrected chi connectivity index (χ2v) is 14.2. The van der Waals surface area contributed by atoms with E-state index in [0.717, 1.165) is 12.1 Å². The highest BCUT2D eigenvalue weighted by Crippen LogP contribution is 2.55. The predicted molar refractivity (Wildman–Crippen MR) is 141 cm³/mol. The Hall–Kier alpha value is -3.36. The maximum atomic E-state index is 13.0. The van der Waals surface area contributed by atoms with E-state index in [1.54, 1.807) is 12.1 Å². The average molecular weight is 633 g/mol. The summed E-state index contributed by atoms with van der Waals surface area (Å²) in [5.41, 5.74) is -2.35. The molecule has 0 spiro atoms. The second-order valence-electron chi connectivity index (χ2n) is 8.34. The number of hydrogen-bond acceptors (Lipinski definition) is 8. The third kappa shape index (κ3) is 4.77. The van der Waals surface area contributed by atoms with Gasteiger partial charge in [0.25, 0.3) is 0 Å². The SMILES string of the molecule is O=S(=O)(O)N1C(c2ccccc2)=C(C(c2ccccc2)c2ccccc2)N(S(=O)(=O)O)C1(S(=O)(=O)O)S(=O)(=O)O. The van der Waals surface area contributed by atoms with E-state index in [1.165, 1.54) is 66.7 Å². The minimum absolute atomic E-state index is 0.113. The lowest BCUT2D eigenvalue weighted by Gasteiger charge is -2.37. The summed E-state index contributed by atoms with van der Waals surface area (Å²) in [6.07, 6.45) is 0. The molecule has 0 radical (unpaired) electrons.